The molecule has 0 amide bonds. The molecule has 0 aliphatic carbocycles. The summed E-state index contributed by atoms with van der Waals surface area (Å²) in [6.07, 6.45) is 0. The highest BCUT2D eigenvalue weighted by molar-refractivity contribution is 5.95. The third kappa shape index (κ3) is 1.95. The van der Waals surface area contributed by atoms with Crippen LogP contribution < -0.4 is 0 Å². The normalized spacial score (nSPS) is 10.3. The minimum atomic E-state index is -1.12. The molecule has 0 unspecified atom stereocenters. The Morgan fingerprint density at radius 3 is 2.28 bits per heavy atom. The van der Waals surface area contributed by atoms with E-state index in [4.69, 9.17) is 5.11 Å². The van der Waals surface area contributed by atoms with Gasteiger partial charge in [0.2, 0.25) is 0 Å². The highest BCUT2D eigenvalue weighted by atomic mass is 16.4. The van der Waals surface area contributed by atoms with Crippen LogP contribution in [0.15, 0.2) is 36.4 Å². The second-order valence-electron chi connectivity index (χ2n) is 4.27. The largest absolute Gasteiger partial charge is 0.506 e. The van der Waals surface area contributed by atoms with Crippen LogP contribution in [0, 0.1) is 13.8 Å². The summed E-state index contributed by atoms with van der Waals surface area (Å²) in [7, 11) is 0. The molecule has 0 bridgehead atoms. The van der Waals surface area contributed by atoms with Gasteiger partial charge in [-0.1, -0.05) is 30.3 Å². The van der Waals surface area contributed by atoms with Gasteiger partial charge in [0, 0.05) is 5.56 Å². The number of rotatable bonds is 2. The van der Waals surface area contributed by atoms with Crippen molar-refractivity contribution >= 4 is 5.97 Å². The minimum Gasteiger partial charge on any atom is -0.506 e. The van der Waals surface area contributed by atoms with E-state index in [9.17, 15) is 9.90 Å². The molecule has 0 aromatic heterocycles. The predicted molar refractivity (Wildman–Crippen MR) is 70.0 cm³/mol. The Hall–Kier alpha value is -2.29. The number of hydrogen-bond acceptors (Lipinski definition) is 2. The summed E-state index contributed by atoms with van der Waals surface area (Å²) in [5.74, 6) is -1.29. The Labute approximate surface area is 105 Å². The van der Waals surface area contributed by atoms with Gasteiger partial charge < -0.3 is 10.2 Å². The molecule has 0 aliphatic heterocycles. The molecule has 0 radical (unpaired) electrons. The lowest BCUT2D eigenvalue weighted by atomic mass is 9.93. The molecule has 2 aromatic carbocycles. The number of carboxylic acid groups (broad SMARTS) is 1. The smallest absolute Gasteiger partial charge is 0.339 e. The van der Waals surface area contributed by atoms with E-state index in [0.29, 0.717) is 5.56 Å². The Balaban J connectivity index is 2.75. The maximum atomic E-state index is 11.0. The fraction of sp³-hybridized carbons (Fsp3) is 0.133. The van der Waals surface area contributed by atoms with Crippen LogP contribution >= 0.6 is 0 Å². The molecule has 3 heteroatoms. The summed E-state index contributed by atoms with van der Waals surface area (Å²) in [5.41, 5.74) is 3.23. The number of benzene rings is 2. The number of aromatic hydroxyl groups is 1. The van der Waals surface area contributed by atoms with Crippen molar-refractivity contribution in [3.63, 3.8) is 0 Å². The highest BCUT2D eigenvalue weighted by Gasteiger charge is 2.17. The molecule has 0 saturated heterocycles. The van der Waals surface area contributed by atoms with Crippen molar-refractivity contribution in [3.8, 4) is 16.9 Å². The first-order chi connectivity index (χ1) is 8.52. The van der Waals surface area contributed by atoms with E-state index < -0.39 is 5.97 Å². The van der Waals surface area contributed by atoms with Crippen LogP contribution in [0.4, 0.5) is 0 Å². The summed E-state index contributed by atoms with van der Waals surface area (Å²) in [5, 5.41) is 19.2. The van der Waals surface area contributed by atoms with Crippen molar-refractivity contribution in [3.05, 3.63) is 53.1 Å². The topological polar surface area (TPSA) is 57.5 Å². The standard InChI is InChI=1S/C15H14O3/c1-9-5-3-4-6-11(9)13-10(2)7-8-12(14(13)16)15(17)18/h3-8,16H,1-2H3,(H,17,18). The SMILES string of the molecule is Cc1ccccc1-c1c(C)ccc(C(=O)O)c1O. The fourth-order valence-corrected chi connectivity index (χ4v) is 2.06. The summed E-state index contributed by atoms with van der Waals surface area (Å²) >= 11 is 0. The van der Waals surface area contributed by atoms with Crippen LogP contribution in [-0.4, -0.2) is 16.2 Å². The van der Waals surface area contributed by atoms with Gasteiger partial charge in [0.05, 0.1) is 0 Å². The molecular weight excluding hydrogens is 228 g/mol. The molecule has 18 heavy (non-hydrogen) atoms. The molecule has 2 N–H and O–H groups in total. The lowest BCUT2D eigenvalue weighted by Crippen LogP contribution is -1.99. The average Bonchev–Trinajstić information content (AvgIpc) is 2.31. The molecule has 0 saturated carbocycles. The van der Waals surface area contributed by atoms with Gasteiger partial charge in [-0.15, -0.1) is 0 Å². The molecular formula is C15H14O3. The highest BCUT2D eigenvalue weighted by Crippen LogP contribution is 2.36. The summed E-state index contributed by atoms with van der Waals surface area (Å²) in [6, 6.07) is 10.7. The van der Waals surface area contributed by atoms with Crippen molar-refractivity contribution < 1.29 is 15.0 Å². The molecule has 0 heterocycles. The van der Waals surface area contributed by atoms with Crippen LogP contribution in [0.2, 0.25) is 0 Å². The van der Waals surface area contributed by atoms with Gasteiger partial charge in [-0.3, -0.25) is 0 Å². The van der Waals surface area contributed by atoms with E-state index in [1.165, 1.54) is 6.07 Å². The predicted octanol–water partition coefficient (Wildman–Crippen LogP) is 3.37. The first-order valence-corrected chi connectivity index (χ1v) is 5.64. The van der Waals surface area contributed by atoms with Gasteiger partial charge >= 0.3 is 5.97 Å². The summed E-state index contributed by atoms with van der Waals surface area (Å²) in [6.45, 7) is 3.79. The molecule has 2 rings (SSSR count). The maximum absolute atomic E-state index is 11.0. The van der Waals surface area contributed by atoms with E-state index in [1.54, 1.807) is 6.07 Å². The molecule has 92 valence electrons. The maximum Gasteiger partial charge on any atom is 0.339 e. The zero-order chi connectivity index (χ0) is 13.3. The molecule has 2 aromatic rings. The van der Waals surface area contributed by atoms with Crippen LogP contribution in [0.25, 0.3) is 11.1 Å². The third-order valence-electron chi connectivity index (χ3n) is 3.03. The zero-order valence-corrected chi connectivity index (χ0v) is 10.3. The summed E-state index contributed by atoms with van der Waals surface area (Å²) < 4.78 is 0. The first kappa shape index (κ1) is 12.2. The lowest BCUT2D eigenvalue weighted by molar-refractivity contribution is 0.0694. The zero-order valence-electron chi connectivity index (χ0n) is 10.3. The van der Waals surface area contributed by atoms with Crippen molar-refractivity contribution in [2.75, 3.05) is 0 Å². The van der Waals surface area contributed by atoms with Gasteiger partial charge in [0.15, 0.2) is 0 Å². The second kappa shape index (κ2) is 4.53. The quantitative estimate of drug-likeness (QED) is 0.848. The van der Waals surface area contributed by atoms with Crippen LogP contribution in [0.5, 0.6) is 5.75 Å². The number of aromatic carboxylic acids is 1. The number of carboxylic acids is 1. The average molecular weight is 242 g/mol. The van der Waals surface area contributed by atoms with Crippen LogP contribution in [0.1, 0.15) is 21.5 Å². The van der Waals surface area contributed by atoms with Crippen molar-refractivity contribution in [1.29, 1.82) is 0 Å². The molecule has 0 aliphatic rings. The number of phenols is 1. The van der Waals surface area contributed by atoms with Gasteiger partial charge in [-0.25, -0.2) is 4.79 Å². The molecule has 0 atom stereocenters. The van der Waals surface area contributed by atoms with E-state index >= 15 is 0 Å². The monoisotopic (exact) mass is 242 g/mol. The van der Waals surface area contributed by atoms with Crippen molar-refractivity contribution in [1.82, 2.24) is 0 Å². The van der Waals surface area contributed by atoms with Gasteiger partial charge in [-0.05, 0) is 36.6 Å². The Bertz CT molecular complexity index is 615. The van der Waals surface area contributed by atoms with E-state index in [-0.39, 0.29) is 11.3 Å². The molecule has 0 spiro atoms. The lowest BCUT2D eigenvalue weighted by Gasteiger charge is -2.13. The van der Waals surface area contributed by atoms with Crippen molar-refractivity contribution in [2.24, 2.45) is 0 Å². The third-order valence-corrected chi connectivity index (χ3v) is 3.03. The number of carbonyl (C=O) groups is 1. The minimum absolute atomic E-state index is 0.0705. The molecule has 0 fully saturated rings. The van der Waals surface area contributed by atoms with E-state index in [0.717, 1.165) is 16.7 Å². The van der Waals surface area contributed by atoms with Gasteiger partial charge in [0.25, 0.3) is 0 Å². The van der Waals surface area contributed by atoms with Crippen molar-refractivity contribution in [2.45, 2.75) is 13.8 Å². The Morgan fingerprint density at radius 2 is 1.67 bits per heavy atom. The van der Waals surface area contributed by atoms with E-state index in [2.05, 4.69) is 0 Å². The van der Waals surface area contributed by atoms with Gasteiger partial charge in [-0.2, -0.15) is 0 Å². The Morgan fingerprint density at radius 1 is 1.00 bits per heavy atom. The van der Waals surface area contributed by atoms with Gasteiger partial charge in [0.1, 0.15) is 11.3 Å². The van der Waals surface area contributed by atoms with Crippen LogP contribution in [-0.2, 0) is 0 Å². The number of hydrogen-bond donors (Lipinski definition) is 2. The van der Waals surface area contributed by atoms with Crippen LogP contribution in [0.3, 0.4) is 0 Å². The summed E-state index contributed by atoms with van der Waals surface area (Å²) in [4.78, 5) is 11.0. The molecule has 3 nitrogen and oxygen atoms in total. The Kier molecular flexibility index (Phi) is 3.06. The van der Waals surface area contributed by atoms with E-state index in [1.807, 2.05) is 38.1 Å². The number of aryl methyl sites for hydroxylation is 2. The fourth-order valence-electron chi connectivity index (χ4n) is 2.06. The first-order valence-electron chi connectivity index (χ1n) is 5.64. The second-order valence-corrected chi connectivity index (χ2v) is 4.27.